The predicted octanol–water partition coefficient (Wildman–Crippen LogP) is 16.7. The van der Waals surface area contributed by atoms with Crippen molar-refractivity contribution < 1.29 is 39.8 Å². The second kappa shape index (κ2) is 54.3. The predicted molar refractivity (Wildman–Crippen MR) is 309 cm³/mol. The smallest absolute Gasteiger partial charge is 0.220 e. The summed E-state index contributed by atoms with van der Waals surface area (Å²) in [7, 11) is 0. The monoisotopic (exact) mass is 1040 g/mol. The van der Waals surface area contributed by atoms with Crippen LogP contribution in [-0.2, 0) is 14.3 Å². The SMILES string of the molecule is CCCCCCCCCCCCCCCCCC/C=C\CCCCCCCCCCCCCCCCCCCC(=O)NC(COC1OC(CO)C(O)C(O)C1O)C(O)CCCCCCCCCCCCCCC. The van der Waals surface area contributed by atoms with E-state index in [2.05, 4.69) is 31.3 Å². The minimum Gasteiger partial charge on any atom is -0.394 e. The molecule has 0 aliphatic carbocycles. The van der Waals surface area contributed by atoms with Gasteiger partial charge in [-0.3, -0.25) is 4.79 Å². The molecule has 9 heteroatoms. The highest BCUT2D eigenvalue weighted by molar-refractivity contribution is 5.76. The van der Waals surface area contributed by atoms with E-state index in [-0.39, 0.29) is 12.5 Å². The van der Waals surface area contributed by atoms with Gasteiger partial charge in [-0.05, 0) is 38.5 Å². The number of rotatable bonds is 57. The number of nitrogens with one attached hydrogen (secondary N) is 1. The van der Waals surface area contributed by atoms with Crippen LogP contribution in [0.25, 0.3) is 0 Å². The standard InChI is InChI=1S/C64H125NO8/c1-3-5-7-9-11-13-15-17-18-19-20-21-22-23-24-25-26-27-28-29-30-31-32-33-34-35-36-37-38-39-40-42-44-46-48-50-52-54-60(68)65-57(56-72-64-63(71)62(70)61(69)59(55-66)73-64)58(67)53-51-49-47-45-43-41-16-14-12-10-8-6-4-2/h27-28,57-59,61-64,66-67,69-71H,3-26,29-56H2,1-2H3,(H,65,68)/b28-27-. The molecule has 7 unspecified atom stereocenters. The van der Waals surface area contributed by atoms with Crippen molar-refractivity contribution >= 4 is 5.91 Å². The average molecular weight is 1040 g/mol. The first-order valence-corrected chi connectivity index (χ1v) is 32.4. The molecule has 1 heterocycles. The first-order chi connectivity index (χ1) is 35.8. The number of hydrogen-bond acceptors (Lipinski definition) is 8. The lowest BCUT2D eigenvalue weighted by Gasteiger charge is -2.40. The lowest BCUT2D eigenvalue weighted by molar-refractivity contribution is -0.302. The van der Waals surface area contributed by atoms with Crippen molar-refractivity contribution in [3.63, 3.8) is 0 Å². The van der Waals surface area contributed by atoms with E-state index in [1.807, 2.05) is 0 Å². The van der Waals surface area contributed by atoms with E-state index in [1.54, 1.807) is 0 Å². The van der Waals surface area contributed by atoms with Crippen molar-refractivity contribution in [3.8, 4) is 0 Å². The first-order valence-electron chi connectivity index (χ1n) is 32.4. The number of carbonyl (C=O) groups is 1. The van der Waals surface area contributed by atoms with Gasteiger partial charge in [-0.25, -0.2) is 0 Å². The number of amides is 1. The molecule has 73 heavy (non-hydrogen) atoms. The first kappa shape index (κ1) is 69.9. The third-order valence-corrected chi connectivity index (χ3v) is 15.9. The summed E-state index contributed by atoms with van der Waals surface area (Å²) in [6, 6.07) is -0.715. The summed E-state index contributed by atoms with van der Waals surface area (Å²) in [5, 5.41) is 54.6. The molecule has 0 aromatic carbocycles. The van der Waals surface area contributed by atoms with Crippen LogP contribution < -0.4 is 5.32 Å². The van der Waals surface area contributed by atoms with Gasteiger partial charge in [-0.15, -0.1) is 0 Å². The Morgan fingerprint density at radius 1 is 0.452 bits per heavy atom. The molecule has 0 bridgehead atoms. The highest BCUT2D eigenvalue weighted by Crippen LogP contribution is 2.24. The summed E-state index contributed by atoms with van der Waals surface area (Å²) >= 11 is 0. The fourth-order valence-electron chi connectivity index (χ4n) is 10.7. The van der Waals surface area contributed by atoms with E-state index in [0.29, 0.717) is 12.8 Å². The van der Waals surface area contributed by atoms with Crippen LogP contribution in [0.3, 0.4) is 0 Å². The summed E-state index contributed by atoms with van der Waals surface area (Å²) in [6.45, 7) is 3.87. The molecule has 0 aromatic heterocycles. The van der Waals surface area contributed by atoms with Crippen LogP contribution in [0.4, 0.5) is 0 Å². The summed E-state index contributed by atoms with van der Waals surface area (Å²) in [4.78, 5) is 13.1. The maximum Gasteiger partial charge on any atom is 0.220 e. The second-order valence-electron chi connectivity index (χ2n) is 22.9. The molecule has 1 aliphatic rings. The van der Waals surface area contributed by atoms with Crippen LogP contribution in [-0.4, -0.2) is 87.5 Å². The Kier molecular flexibility index (Phi) is 52.0. The van der Waals surface area contributed by atoms with Gasteiger partial charge < -0.3 is 40.3 Å². The maximum atomic E-state index is 13.1. The quantitative estimate of drug-likeness (QED) is 0.0261. The Labute approximate surface area is 452 Å². The van der Waals surface area contributed by atoms with Crippen LogP contribution in [0.5, 0.6) is 0 Å². The number of hydrogen-bond donors (Lipinski definition) is 6. The van der Waals surface area contributed by atoms with Crippen LogP contribution in [0.1, 0.15) is 335 Å². The van der Waals surface area contributed by atoms with Crippen molar-refractivity contribution in [2.24, 2.45) is 0 Å². The molecule has 0 aromatic rings. The van der Waals surface area contributed by atoms with E-state index in [0.717, 1.165) is 38.5 Å². The normalized spacial score (nSPS) is 19.0. The summed E-state index contributed by atoms with van der Waals surface area (Å²) in [5.41, 5.74) is 0. The van der Waals surface area contributed by atoms with Crippen molar-refractivity contribution in [2.45, 2.75) is 378 Å². The molecule has 0 spiro atoms. The minimum absolute atomic E-state index is 0.133. The number of allylic oxidation sites excluding steroid dienone is 2. The zero-order valence-corrected chi connectivity index (χ0v) is 48.4. The average Bonchev–Trinajstić information content (AvgIpc) is 3.39. The molecule has 1 rings (SSSR count). The zero-order valence-electron chi connectivity index (χ0n) is 48.4. The fourth-order valence-corrected chi connectivity index (χ4v) is 10.7. The summed E-state index contributed by atoms with van der Waals surface area (Å²) in [5.74, 6) is -0.138. The van der Waals surface area contributed by atoms with Crippen molar-refractivity contribution in [1.82, 2.24) is 5.32 Å². The van der Waals surface area contributed by atoms with E-state index < -0.39 is 49.5 Å². The largest absolute Gasteiger partial charge is 0.394 e. The highest BCUT2D eigenvalue weighted by Gasteiger charge is 2.44. The van der Waals surface area contributed by atoms with Crippen molar-refractivity contribution in [3.05, 3.63) is 12.2 Å². The number of aliphatic hydroxyl groups excluding tert-OH is 5. The molecule has 1 saturated heterocycles. The molecule has 1 amide bonds. The number of aliphatic hydroxyl groups is 5. The lowest BCUT2D eigenvalue weighted by atomic mass is 9.99. The van der Waals surface area contributed by atoms with E-state index in [9.17, 15) is 30.3 Å². The Morgan fingerprint density at radius 2 is 0.767 bits per heavy atom. The maximum absolute atomic E-state index is 13.1. The molecule has 1 fully saturated rings. The number of ether oxygens (including phenoxy) is 2. The summed E-state index contributed by atoms with van der Waals surface area (Å²) < 4.78 is 11.3. The van der Waals surface area contributed by atoms with Gasteiger partial charge in [0.1, 0.15) is 24.4 Å². The lowest BCUT2D eigenvalue weighted by Crippen LogP contribution is -2.60. The van der Waals surface area contributed by atoms with Gasteiger partial charge in [0, 0.05) is 6.42 Å². The Balaban J connectivity index is 2.03. The second-order valence-corrected chi connectivity index (χ2v) is 22.9. The Bertz CT molecular complexity index is 1150. The molecular weight excluding hydrogens is 911 g/mol. The summed E-state index contributed by atoms with van der Waals surface area (Å²) in [6.07, 6.45) is 61.5. The molecule has 7 atom stereocenters. The van der Waals surface area contributed by atoms with Gasteiger partial charge in [0.05, 0.1) is 25.4 Å². The topological polar surface area (TPSA) is 149 Å². The molecule has 6 N–H and O–H groups in total. The molecule has 0 saturated carbocycles. The van der Waals surface area contributed by atoms with Gasteiger partial charge in [0.2, 0.25) is 5.91 Å². The fraction of sp³-hybridized carbons (Fsp3) is 0.953. The number of unbranched alkanes of at least 4 members (excludes halogenated alkanes) is 45. The van der Waals surface area contributed by atoms with Crippen LogP contribution >= 0.6 is 0 Å². The van der Waals surface area contributed by atoms with Gasteiger partial charge in [-0.1, -0.05) is 302 Å². The number of carbonyl (C=O) groups excluding carboxylic acids is 1. The van der Waals surface area contributed by atoms with E-state index in [1.165, 1.54) is 270 Å². The third kappa shape index (κ3) is 43.6. The van der Waals surface area contributed by atoms with Gasteiger partial charge in [0.25, 0.3) is 0 Å². The van der Waals surface area contributed by atoms with Crippen LogP contribution in [0.2, 0.25) is 0 Å². The van der Waals surface area contributed by atoms with E-state index in [4.69, 9.17) is 9.47 Å². The van der Waals surface area contributed by atoms with Gasteiger partial charge in [-0.2, -0.15) is 0 Å². The third-order valence-electron chi connectivity index (χ3n) is 15.9. The Morgan fingerprint density at radius 3 is 1.11 bits per heavy atom. The minimum atomic E-state index is -1.55. The molecule has 9 nitrogen and oxygen atoms in total. The van der Waals surface area contributed by atoms with Crippen LogP contribution in [0, 0.1) is 0 Å². The molecular formula is C64H125NO8. The van der Waals surface area contributed by atoms with Crippen LogP contribution in [0.15, 0.2) is 12.2 Å². The molecule has 0 radical (unpaired) electrons. The molecule has 434 valence electrons. The van der Waals surface area contributed by atoms with Crippen molar-refractivity contribution in [1.29, 1.82) is 0 Å². The van der Waals surface area contributed by atoms with E-state index >= 15 is 0 Å². The van der Waals surface area contributed by atoms with Gasteiger partial charge >= 0.3 is 0 Å². The van der Waals surface area contributed by atoms with Crippen molar-refractivity contribution in [2.75, 3.05) is 13.2 Å². The zero-order chi connectivity index (χ0) is 52.9. The molecule has 1 aliphatic heterocycles. The highest BCUT2D eigenvalue weighted by atomic mass is 16.7. The van der Waals surface area contributed by atoms with Gasteiger partial charge in [0.15, 0.2) is 6.29 Å². The Hall–Kier alpha value is -1.07.